The molecule has 17 heavy (non-hydrogen) atoms. The third-order valence-corrected chi connectivity index (χ3v) is 3.08. The van der Waals surface area contributed by atoms with Gasteiger partial charge in [-0.25, -0.2) is 4.79 Å². The molecule has 0 saturated carbocycles. The predicted octanol–water partition coefficient (Wildman–Crippen LogP) is 1.53. The first-order valence-corrected chi connectivity index (χ1v) is 6.28. The number of carbonyl (C=O) groups excluding carboxylic acids is 1. The first kappa shape index (κ1) is 14.3. The fraction of sp³-hybridized carbons (Fsp3) is 0.917. The second kappa shape index (κ2) is 6.81. The fourth-order valence-electron chi connectivity index (χ4n) is 1.97. The number of methoxy groups -OCH3 is 1. The summed E-state index contributed by atoms with van der Waals surface area (Å²) in [6.45, 7) is 6.25. The van der Waals surface area contributed by atoms with Gasteiger partial charge in [0.05, 0.1) is 6.10 Å². The molecular weight excluding hydrogens is 220 g/mol. The van der Waals surface area contributed by atoms with Gasteiger partial charge in [0.1, 0.15) is 0 Å². The van der Waals surface area contributed by atoms with Crippen molar-refractivity contribution in [2.45, 2.75) is 39.0 Å². The summed E-state index contributed by atoms with van der Waals surface area (Å²) >= 11 is 0. The van der Waals surface area contributed by atoms with Crippen molar-refractivity contribution >= 4 is 6.03 Å². The van der Waals surface area contributed by atoms with Gasteiger partial charge >= 0.3 is 6.03 Å². The average molecular weight is 244 g/mol. The molecule has 5 nitrogen and oxygen atoms in total. The normalized spacial score (nSPS) is 19.9. The first-order valence-electron chi connectivity index (χ1n) is 6.28. The van der Waals surface area contributed by atoms with Gasteiger partial charge in [0, 0.05) is 33.9 Å². The van der Waals surface area contributed by atoms with E-state index in [1.54, 1.807) is 24.0 Å². The van der Waals surface area contributed by atoms with Gasteiger partial charge < -0.3 is 14.4 Å². The first-order chi connectivity index (χ1) is 8.11. The molecule has 0 bridgehead atoms. The van der Waals surface area contributed by atoms with Crippen molar-refractivity contribution in [3.05, 3.63) is 0 Å². The summed E-state index contributed by atoms with van der Waals surface area (Å²) in [5.74, 6) is 0. The Balaban J connectivity index is 2.49. The third kappa shape index (κ3) is 3.57. The predicted molar refractivity (Wildman–Crippen MR) is 65.9 cm³/mol. The van der Waals surface area contributed by atoms with E-state index in [0.717, 1.165) is 26.0 Å². The molecule has 0 aromatic carbocycles. The van der Waals surface area contributed by atoms with E-state index in [4.69, 9.17) is 9.47 Å². The highest BCUT2D eigenvalue weighted by molar-refractivity contribution is 5.76. The molecule has 1 fully saturated rings. The van der Waals surface area contributed by atoms with Gasteiger partial charge in [-0.15, -0.1) is 0 Å². The molecule has 1 rings (SSSR count). The van der Waals surface area contributed by atoms with E-state index in [-0.39, 0.29) is 18.4 Å². The molecule has 0 spiro atoms. The number of rotatable bonds is 7. The molecule has 0 radical (unpaired) electrons. The van der Waals surface area contributed by atoms with Gasteiger partial charge in [0.15, 0.2) is 6.23 Å². The number of unbranched alkanes of at least 4 members (excludes halogenated alkanes) is 1. The van der Waals surface area contributed by atoms with Gasteiger partial charge in [0.25, 0.3) is 0 Å². The van der Waals surface area contributed by atoms with Crippen molar-refractivity contribution in [3.63, 3.8) is 0 Å². The lowest BCUT2D eigenvalue weighted by atomic mass is 10.3. The van der Waals surface area contributed by atoms with E-state index in [0.29, 0.717) is 6.54 Å². The van der Waals surface area contributed by atoms with E-state index < -0.39 is 0 Å². The summed E-state index contributed by atoms with van der Waals surface area (Å²) in [6.07, 6.45) is 1.76. The van der Waals surface area contributed by atoms with Crippen LogP contribution in [-0.4, -0.2) is 62.0 Å². The van der Waals surface area contributed by atoms with Crippen LogP contribution in [0.15, 0.2) is 0 Å². The van der Waals surface area contributed by atoms with Gasteiger partial charge in [-0.05, 0) is 13.3 Å². The highest BCUT2D eigenvalue weighted by Gasteiger charge is 2.34. The van der Waals surface area contributed by atoms with Gasteiger partial charge in [-0.3, -0.25) is 4.90 Å². The van der Waals surface area contributed by atoms with E-state index in [1.165, 1.54) is 0 Å². The second-order valence-electron chi connectivity index (χ2n) is 4.45. The summed E-state index contributed by atoms with van der Waals surface area (Å²) in [4.78, 5) is 15.3. The second-order valence-corrected chi connectivity index (χ2v) is 4.45. The Labute approximate surface area is 104 Å². The van der Waals surface area contributed by atoms with Crippen LogP contribution in [0.5, 0.6) is 0 Å². The molecule has 0 aromatic rings. The molecule has 1 saturated heterocycles. The lowest BCUT2D eigenvalue weighted by molar-refractivity contribution is -0.103. The van der Waals surface area contributed by atoms with Crippen LogP contribution < -0.4 is 0 Å². The standard InChI is InChI=1S/C12H24N2O3/c1-5-6-9-17-10(2)11(16-4)14-8-7-13(3)12(14)15/h10-11H,5-9H2,1-4H3. The van der Waals surface area contributed by atoms with Crippen LogP contribution in [0.4, 0.5) is 4.79 Å². The van der Waals surface area contributed by atoms with Gasteiger partial charge in [-0.2, -0.15) is 0 Å². The van der Waals surface area contributed by atoms with Crippen LogP contribution in [0.2, 0.25) is 0 Å². The Morgan fingerprint density at radius 3 is 2.59 bits per heavy atom. The smallest absolute Gasteiger partial charge is 0.322 e. The zero-order valence-electron chi connectivity index (χ0n) is 11.3. The maximum atomic E-state index is 11.9. The molecule has 100 valence electrons. The fourth-order valence-corrected chi connectivity index (χ4v) is 1.97. The number of amides is 2. The lowest BCUT2D eigenvalue weighted by Crippen LogP contribution is -2.46. The molecule has 2 amide bonds. The molecule has 0 aromatic heterocycles. The van der Waals surface area contributed by atoms with Crippen molar-refractivity contribution in [1.29, 1.82) is 0 Å². The van der Waals surface area contributed by atoms with Crippen LogP contribution in [0.3, 0.4) is 0 Å². The molecule has 1 heterocycles. The third-order valence-electron chi connectivity index (χ3n) is 3.08. The highest BCUT2D eigenvalue weighted by atomic mass is 16.5. The summed E-state index contributed by atoms with van der Waals surface area (Å²) in [5, 5.41) is 0. The topological polar surface area (TPSA) is 42.0 Å². The van der Waals surface area contributed by atoms with Gasteiger partial charge in [-0.1, -0.05) is 13.3 Å². The van der Waals surface area contributed by atoms with Crippen LogP contribution in [-0.2, 0) is 9.47 Å². The molecule has 1 aliphatic rings. The minimum atomic E-state index is -0.288. The largest absolute Gasteiger partial charge is 0.374 e. The van der Waals surface area contributed by atoms with Crippen molar-refractivity contribution in [1.82, 2.24) is 9.80 Å². The number of nitrogens with zero attached hydrogens (tertiary/aromatic N) is 2. The maximum absolute atomic E-state index is 11.9. The van der Waals surface area contributed by atoms with Crippen molar-refractivity contribution in [3.8, 4) is 0 Å². The number of urea groups is 1. The number of hydrogen-bond donors (Lipinski definition) is 0. The average Bonchev–Trinajstić information content (AvgIpc) is 2.63. The molecular formula is C12H24N2O3. The SMILES string of the molecule is CCCCOC(C)C(OC)N1CCN(C)C1=O. The molecule has 5 heteroatoms. The van der Waals surface area contributed by atoms with Crippen molar-refractivity contribution < 1.29 is 14.3 Å². The number of carbonyl (C=O) groups is 1. The van der Waals surface area contributed by atoms with Crippen molar-refractivity contribution in [2.24, 2.45) is 0 Å². The van der Waals surface area contributed by atoms with Crippen LogP contribution in [0.25, 0.3) is 0 Å². The van der Waals surface area contributed by atoms with E-state index in [1.807, 2.05) is 6.92 Å². The van der Waals surface area contributed by atoms with Crippen molar-refractivity contribution in [2.75, 3.05) is 33.9 Å². The Morgan fingerprint density at radius 1 is 1.41 bits per heavy atom. The number of hydrogen-bond acceptors (Lipinski definition) is 3. The van der Waals surface area contributed by atoms with E-state index in [9.17, 15) is 4.79 Å². The maximum Gasteiger partial charge on any atom is 0.322 e. The monoisotopic (exact) mass is 244 g/mol. The molecule has 2 unspecified atom stereocenters. The van der Waals surface area contributed by atoms with Crippen LogP contribution in [0, 0.1) is 0 Å². The summed E-state index contributed by atoms with van der Waals surface area (Å²) in [6, 6.07) is 0.0165. The Hall–Kier alpha value is -0.810. The van der Waals surface area contributed by atoms with Crippen LogP contribution in [0.1, 0.15) is 26.7 Å². The Bertz CT molecular complexity index is 248. The zero-order valence-corrected chi connectivity index (χ0v) is 11.3. The quantitative estimate of drug-likeness (QED) is 0.638. The highest BCUT2D eigenvalue weighted by Crippen LogP contribution is 2.16. The number of likely N-dealkylation sites (N-methyl/N-ethyl adjacent to an activating group) is 1. The minimum Gasteiger partial charge on any atom is -0.374 e. The zero-order chi connectivity index (χ0) is 12.8. The summed E-state index contributed by atoms with van der Waals surface area (Å²) in [5.41, 5.74) is 0. The molecule has 2 atom stereocenters. The lowest BCUT2D eigenvalue weighted by Gasteiger charge is -2.30. The molecule has 0 N–H and O–H groups in total. The minimum absolute atomic E-state index is 0.0165. The molecule has 1 aliphatic heterocycles. The van der Waals surface area contributed by atoms with E-state index in [2.05, 4.69) is 6.92 Å². The van der Waals surface area contributed by atoms with Gasteiger partial charge in [0.2, 0.25) is 0 Å². The Morgan fingerprint density at radius 2 is 2.12 bits per heavy atom. The van der Waals surface area contributed by atoms with E-state index >= 15 is 0 Å². The van der Waals surface area contributed by atoms with Crippen LogP contribution >= 0.6 is 0 Å². The summed E-state index contributed by atoms with van der Waals surface area (Å²) in [7, 11) is 3.42. The summed E-state index contributed by atoms with van der Waals surface area (Å²) < 4.78 is 11.1. The Kier molecular flexibility index (Phi) is 5.71. The number of ether oxygens (including phenoxy) is 2. The molecule has 0 aliphatic carbocycles.